The first kappa shape index (κ1) is 29.0. The largest absolute Gasteiger partial charge is 0.460 e. The lowest BCUT2D eigenvalue weighted by Gasteiger charge is -2.27. The third-order valence-corrected chi connectivity index (χ3v) is 5.62. The molecule has 10 heteroatoms. The van der Waals surface area contributed by atoms with Gasteiger partial charge < -0.3 is 30.0 Å². The second-order valence-corrected chi connectivity index (χ2v) is 9.40. The predicted molar refractivity (Wildman–Crippen MR) is 133 cm³/mol. The van der Waals surface area contributed by atoms with E-state index < -0.39 is 36.2 Å². The molecular weight excluding hydrogens is 466 g/mol. The molecule has 1 aromatic rings. The molecule has 36 heavy (non-hydrogen) atoms. The maximum absolute atomic E-state index is 12.7. The summed E-state index contributed by atoms with van der Waals surface area (Å²) >= 11 is 0. The zero-order valence-corrected chi connectivity index (χ0v) is 21.4. The third kappa shape index (κ3) is 9.43. The molecule has 0 spiro atoms. The van der Waals surface area contributed by atoms with Crippen LogP contribution in [0.1, 0.15) is 57.4 Å². The number of oxazole rings is 1. The lowest BCUT2D eigenvalue weighted by Crippen LogP contribution is -2.42. The summed E-state index contributed by atoms with van der Waals surface area (Å²) in [6.07, 6.45) is 6.98. The van der Waals surface area contributed by atoms with Crippen LogP contribution in [-0.2, 0) is 20.7 Å². The number of rotatable bonds is 1. The Labute approximate surface area is 211 Å². The number of ether oxygens (including phenoxy) is 1. The van der Waals surface area contributed by atoms with Crippen molar-refractivity contribution in [2.45, 2.75) is 71.8 Å². The lowest BCUT2D eigenvalue weighted by atomic mass is 9.94. The number of aliphatic hydroxyl groups is 2. The Morgan fingerprint density at radius 1 is 1.14 bits per heavy atom. The van der Waals surface area contributed by atoms with Crippen molar-refractivity contribution in [1.29, 1.82) is 0 Å². The second-order valence-electron chi connectivity index (χ2n) is 9.40. The van der Waals surface area contributed by atoms with Gasteiger partial charge >= 0.3 is 5.97 Å². The first-order valence-corrected chi connectivity index (χ1v) is 12.1. The summed E-state index contributed by atoms with van der Waals surface area (Å²) in [6.45, 7) is 9.24. The summed E-state index contributed by atoms with van der Waals surface area (Å²) in [5.74, 6) is -1.70. The van der Waals surface area contributed by atoms with Gasteiger partial charge in [0, 0.05) is 18.9 Å². The summed E-state index contributed by atoms with van der Waals surface area (Å²) in [5.41, 5.74) is 0.719. The van der Waals surface area contributed by atoms with Crippen LogP contribution in [0.4, 0.5) is 0 Å². The highest BCUT2D eigenvalue weighted by molar-refractivity contribution is 5.94. The first-order valence-electron chi connectivity index (χ1n) is 12.1. The van der Waals surface area contributed by atoms with Gasteiger partial charge in [-0.2, -0.15) is 0 Å². The van der Waals surface area contributed by atoms with Crippen molar-refractivity contribution in [3.63, 3.8) is 0 Å². The van der Waals surface area contributed by atoms with Gasteiger partial charge in [-0.3, -0.25) is 9.59 Å². The summed E-state index contributed by atoms with van der Waals surface area (Å²) in [7, 11) is 0. The minimum Gasteiger partial charge on any atom is -0.460 e. The van der Waals surface area contributed by atoms with Gasteiger partial charge in [0.05, 0.1) is 18.6 Å². The molecule has 0 saturated carbocycles. The predicted octanol–water partition coefficient (Wildman–Crippen LogP) is 1.84. The number of nitrogens with zero attached hydrogens (tertiary/aromatic N) is 1. The lowest BCUT2D eigenvalue weighted by molar-refractivity contribution is -0.155. The average Bonchev–Trinajstić information content (AvgIpc) is 3.25. The van der Waals surface area contributed by atoms with Gasteiger partial charge in [0.25, 0.3) is 5.91 Å². The quantitative estimate of drug-likeness (QED) is 0.424. The van der Waals surface area contributed by atoms with Crippen LogP contribution < -0.4 is 10.6 Å². The number of allylic oxidation sites excluding steroid dienone is 2. The van der Waals surface area contributed by atoms with Gasteiger partial charge in [-0.25, -0.2) is 9.78 Å². The van der Waals surface area contributed by atoms with E-state index in [1.165, 1.54) is 13.0 Å². The van der Waals surface area contributed by atoms with Crippen LogP contribution in [-0.4, -0.2) is 63.9 Å². The zero-order valence-electron chi connectivity index (χ0n) is 21.4. The molecule has 1 aliphatic heterocycles. The van der Waals surface area contributed by atoms with Crippen molar-refractivity contribution in [2.75, 3.05) is 6.54 Å². The fraction of sp³-hybridized carbons (Fsp3) is 0.538. The maximum Gasteiger partial charge on any atom is 0.328 e. The van der Waals surface area contributed by atoms with E-state index in [9.17, 15) is 24.6 Å². The number of amides is 2. The van der Waals surface area contributed by atoms with Gasteiger partial charge in [-0.15, -0.1) is 0 Å². The third-order valence-electron chi connectivity index (χ3n) is 5.62. The number of aliphatic hydroxyl groups excluding tert-OH is 2. The first-order chi connectivity index (χ1) is 17.0. The monoisotopic (exact) mass is 503 g/mol. The Kier molecular flexibility index (Phi) is 11.1. The standard InChI is InChI=1S/C26H37N3O7/c1-15(2)24-17(4)8-9-22(32)27-10-6-7-16(3)11-19(30)12-20(31)13-23-29-21(14-35-23)25(33)28-18(5)26(34)36-24/h6-9,11,14-15,17-20,24,30-31H,10,12-13H2,1-5H3,(H,27,32)(H,28,33)/b7-6?,9-8-,16-11?/t17-,18-,19-,20-,24-/m1/s1. The maximum atomic E-state index is 12.7. The van der Waals surface area contributed by atoms with Crippen molar-refractivity contribution >= 4 is 17.8 Å². The van der Waals surface area contributed by atoms with Crippen LogP contribution in [0.5, 0.6) is 0 Å². The molecule has 2 heterocycles. The van der Waals surface area contributed by atoms with Crippen LogP contribution in [0.3, 0.4) is 0 Å². The number of carbonyl (C=O) groups is 3. The molecule has 0 aromatic carbocycles. The fourth-order valence-corrected chi connectivity index (χ4v) is 3.73. The van der Waals surface area contributed by atoms with Gasteiger partial charge in [0.1, 0.15) is 18.4 Å². The Balaban J connectivity index is 2.24. The summed E-state index contributed by atoms with van der Waals surface area (Å²) in [4.78, 5) is 41.5. The van der Waals surface area contributed by atoms with Crippen molar-refractivity contribution in [3.8, 4) is 0 Å². The zero-order chi connectivity index (χ0) is 26.8. The van der Waals surface area contributed by atoms with E-state index in [0.717, 1.165) is 11.8 Å². The SMILES string of the molecule is CC1=C[C@@H](O)C[C@@H](O)Cc2nc(co2)C(=O)N[C@H](C)C(=O)O[C@H](C(C)C)[C@H](C)/C=C\C(=O)NCC=C1. The van der Waals surface area contributed by atoms with Crippen LogP contribution >= 0.6 is 0 Å². The van der Waals surface area contributed by atoms with E-state index in [1.54, 1.807) is 31.2 Å². The summed E-state index contributed by atoms with van der Waals surface area (Å²) < 4.78 is 10.9. The molecule has 1 aromatic heterocycles. The number of hydrogen-bond donors (Lipinski definition) is 4. The molecule has 5 atom stereocenters. The van der Waals surface area contributed by atoms with Gasteiger partial charge in [-0.05, 0) is 25.8 Å². The minimum absolute atomic E-state index is 0.00233. The normalized spacial score (nSPS) is 28.6. The van der Waals surface area contributed by atoms with E-state index in [4.69, 9.17) is 9.15 Å². The molecule has 0 radical (unpaired) electrons. The Morgan fingerprint density at radius 2 is 1.86 bits per heavy atom. The van der Waals surface area contributed by atoms with E-state index >= 15 is 0 Å². The van der Waals surface area contributed by atoms with E-state index in [0.29, 0.717) is 0 Å². The smallest absolute Gasteiger partial charge is 0.328 e. The van der Waals surface area contributed by atoms with Gasteiger partial charge in [-0.1, -0.05) is 50.6 Å². The molecule has 10 nitrogen and oxygen atoms in total. The molecule has 4 N–H and O–H groups in total. The number of hydrogen-bond acceptors (Lipinski definition) is 8. The Morgan fingerprint density at radius 3 is 2.56 bits per heavy atom. The number of fused-ring (bicyclic) bond motifs is 2. The molecule has 1 aliphatic rings. The van der Waals surface area contributed by atoms with Crippen molar-refractivity contribution in [2.24, 2.45) is 11.8 Å². The molecule has 0 saturated heterocycles. The van der Waals surface area contributed by atoms with Gasteiger partial charge in [0.15, 0.2) is 11.6 Å². The van der Waals surface area contributed by atoms with Crippen LogP contribution in [0.25, 0.3) is 0 Å². The van der Waals surface area contributed by atoms with Crippen molar-refractivity contribution in [3.05, 3.63) is 53.8 Å². The molecular formula is C26H37N3O7. The number of aromatic nitrogens is 1. The molecule has 0 unspecified atom stereocenters. The van der Waals surface area contributed by atoms with E-state index in [-0.39, 0.29) is 48.7 Å². The molecule has 2 amide bonds. The van der Waals surface area contributed by atoms with Crippen LogP contribution in [0.2, 0.25) is 0 Å². The Hall–Kier alpha value is -3.24. The molecule has 198 valence electrons. The van der Waals surface area contributed by atoms with E-state index in [2.05, 4.69) is 15.6 Å². The molecule has 2 rings (SSSR count). The number of carbonyl (C=O) groups excluding carboxylic acids is 3. The minimum atomic E-state index is -0.959. The number of cyclic esters (lactones) is 1. The highest BCUT2D eigenvalue weighted by Gasteiger charge is 2.28. The fourth-order valence-electron chi connectivity index (χ4n) is 3.73. The molecule has 2 bridgehead atoms. The van der Waals surface area contributed by atoms with E-state index in [1.807, 2.05) is 20.8 Å². The van der Waals surface area contributed by atoms with Crippen LogP contribution in [0.15, 0.2) is 46.6 Å². The van der Waals surface area contributed by atoms with Crippen LogP contribution in [0, 0.1) is 11.8 Å². The topological polar surface area (TPSA) is 151 Å². The van der Waals surface area contributed by atoms with Crippen molar-refractivity contribution in [1.82, 2.24) is 15.6 Å². The van der Waals surface area contributed by atoms with Gasteiger partial charge in [0.2, 0.25) is 5.91 Å². The molecule has 0 fully saturated rings. The summed E-state index contributed by atoms with van der Waals surface area (Å²) in [5, 5.41) is 25.8. The number of nitrogens with one attached hydrogen (secondary N) is 2. The number of esters is 1. The second kappa shape index (κ2) is 13.7. The highest BCUT2D eigenvalue weighted by atomic mass is 16.5. The average molecular weight is 504 g/mol. The Bertz CT molecular complexity index is 995. The summed E-state index contributed by atoms with van der Waals surface area (Å²) in [6, 6.07) is -0.956. The highest BCUT2D eigenvalue weighted by Crippen LogP contribution is 2.19. The molecule has 0 aliphatic carbocycles. The van der Waals surface area contributed by atoms with Crippen molar-refractivity contribution < 1.29 is 33.8 Å².